The Morgan fingerprint density at radius 1 is 1.27 bits per heavy atom. The van der Waals surface area contributed by atoms with Gasteiger partial charge in [-0.15, -0.1) is 0 Å². The van der Waals surface area contributed by atoms with Crippen LogP contribution in [0.1, 0.15) is 23.2 Å². The Bertz CT molecular complexity index is 741. The lowest BCUT2D eigenvalue weighted by Gasteiger charge is -2.20. The maximum absolute atomic E-state index is 12.0. The molecule has 3 aromatic heterocycles. The van der Waals surface area contributed by atoms with Crippen molar-refractivity contribution in [1.29, 1.82) is 0 Å². The Labute approximate surface area is 125 Å². The average Bonchev–Trinajstić information content (AvgIpc) is 3.26. The molecule has 1 amide bonds. The number of aliphatic hydroxyl groups is 1. The van der Waals surface area contributed by atoms with Gasteiger partial charge in [-0.05, 0) is 31.2 Å². The highest BCUT2D eigenvalue weighted by molar-refractivity contribution is 5.92. The molecule has 0 saturated carbocycles. The highest BCUT2D eigenvalue weighted by Gasteiger charge is 2.27. The molecule has 0 aliphatic rings. The van der Waals surface area contributed by atoms with Crippen LogP contribution in [0.2, 0.25) is 0 Å². The molecule has 2 N–H and O–H groups in total. The Hall–Kier alpha value is -2.80. The third kappa shape index (κ3) is 2.79. The lowest BCUT2D eigenvalue weighted by atomic mass is 10.0. The summed E-state index contributed by atoms with van der Waals surface area (Å²) in [6, 6.07) is 8.17. The van der Waals surface area contributed by atoms with Crippen LogP contribution in [-0.2, 0) is 5.60 Å². The van der Waals surface area contributed by atoms with Gasteiger partial charge >= 0.3 is 0 Å². The summed E-state index contributed by atoms with van der Waals surface area (Å²) >= 11 is 0. The van der Waals surface area contributed by atoms with Crippen LogP contribution in [-0.4, -0.2) is 22.7 Å². The maximum atomic E-state index is 12.0. The Balaban J connectivity index is 1.65. The molecule has 0 radical (unpaired) electrons. The van der Waals surface area contributed by atoms with Crippen molar-refractivity contribution in [3.05, 3.63) is 54.3 Å². The fourth-order valence-corrected chi connectivity index (χ4v) is 1.93. The quantitative estimate of drug-likeness (QED) is 0.749. The number of carbonyl (C=O) groups is 1. The average molecular weight is 302 g/mol. The molecule has 0 unspecified atom stereocenters. The van der Waals surface area contributed by atoms with Gasteiger partial charge in [-0.1, -0.05) is 5.16 Å². The lowest BCUT2D eigenvalue weighted by molar-refractivity contribution is 0.0329. The number of hydrogen-bond acceptors (Lipinski definition) is 6. The molecule has 3 aromatic rings. The van der Waals surface area contributed by atoms with Gasteiger partial charge in [0.05, 0.1) is 19.1 Å². The van der Waals surface area contributed by atoms with Crippen LogP contribution in [0.3, 0.4) is 0 Å². The van der Waals surface area contributed by atoms with E-state index in [1.165, 1.54) is 18.6 Å². The molecule has 0 aliphatic carbocycles. The zero-order chi connectivity index (χ0) is 15.6. The van der Waals surface area contributed by atoms with Crippen molar-refractivity contribution < 1.29 is 23.3 Å². The fourth-order valence-electron chi connectivity index (χ4n) is 1.93. The van der Waals surface area contributed by atoms with E-state index in [4.69, 9.17) is 13.4 Å². The summed E-state index contributed by atoms with van der Waals surface area (Å²) in [5.74, 6) is 0.736. The number of aromatic nitrogens is 1. The summed E-state index contributed by atoms with van der Waals surface area (Å²) in [4.78, 5) is 12.0. The first-order valence-electron chi connectivity index (χ1n) is 6.61. The van der Waals surface area contributed by atoms with Gasteiger partial charge in [-0.2, -0.15) is 0 Å². The summed E-state index contributed by atoms with van der Waals surface area (Å²) in [6.45, 7) is 1.52. The summed E-state index contributed by atoms with van der Waals surface area (Å²) < 4.78 is 15.3. The normalized spacial score (nSPS) is 13.7. The largest absolute Gasteiger partial charge is 0.466 e. The molecule has 0 bridgehead atoms. The van der Waals surface area contributed by atoms with E-state index in [1.807, 2.05) is 0 Å². The number of hydrogen-bond donors (Lipinski definition) is 2. The maximum Gasteiger partial charge on any atom is 0.273 e. The molecular formula is C15H14N2O5. The predicted molar refractivity (Wildman–Crippen MR) is 74.8 cm³/mol. The minimum atomic E-state index is -1.31. The number of nitrogens with one attached hydrogen (secondary N) is 1. The zero-order valence-electron chi connectivity index (χ0n) is 11.8. The van der Waals surface area contributed by atoms with E-state index in [1.54, 1.807) is 31.2 Å². The molecule has 0 aliphatic heterocycles. The number of furan rings is 2. The van der Waals surface area contributed by atoms with E-state index in [-0.39, 0.29) is 12.2 Å². The Morgan fingerprint density at radius 2 is 2.05 bits per heavy atom. The standard InChI is InChI=1S/C15H14N2O5/c1-15(19,13-5-3-7-21-13)9-16-14(18)10-8-12(22-17-10)11-4-2-6-20-11/h2-8,19H,9H2,1H3,(H,16,18)/t15-/m0/s1. The molecule has 7 nitrogen and oxygen atoms in total. The number of carbonyl (C=O) groups excluding carboxylic acids is 1. The van der Waals surface area contributed by atoms with Gasteiger partial charge in [0.25, 0.3) is 5.91 Å². The molecule has 3 heterocycles. The number of nitrogens with zero attached hydrogens (tertiary/aromatic N) is 1. The van der Waals surface area contributed by atoms with E-state index in [2.05, 4.69) is 10.5 Å². The fraction of sp³-hybridized carbons (Fsp3) is 0.200. The monoisotopic (exact) mass is 302 g/mol. The summed E-state index contributed by atoms with van der Waals surface area (Å²) in [5, 5.41) is 16.5. The Morgan fingerprint density at radius 3 is 2.73 bits per heavy atom. The molecule has 1 atom stereocenters. The third-order valence-corrected chi connectivity index (χ3v) is 3.15. The van der Waals surface area contributed by atoms with Crippen LogP contribution in [0.5, 0.6) is 0 Å². The topological polar surface area (TPSA) is 102 Å². The highest BCUT2D eigenvalue weighted by Crippen LogP contribution is 2.22. The van der Waals surface area contributed by atoms with Crippen LogP contribution >= 0.6 is 0 Å². The van der Waals surface area contributed by atoms with E-state index in [9.17, 15) is 9.90 Å². The third-order valence-electron chi connectivity index (χ3n) is 3.15. The SMILES string of the molecule is C[C@](O)(CNC(=O)c1cc(-c2ccco2)on1)c1ccco1. The lowest BCUT2D eigenvalue weighted by Crippen LogP contribution is -2.38. The van der Waals surface area contributed by atoms with E-state index >= 15 is 0 Å². The minimum Gasteiger partial charge on any atom is -0.466 e. The van der Waals surface area contributed by atoms with Crippen molar-refractivity contribution in [2.75, 3.05) is 6.54 Å². The van der Waals surface area contributed by atoms with Crippen LogP contribution in [0.4, 0.5) is 0 Å². The second kappa shape index (κ2) is 5.53. The smallest absolute Gasteiger partial charge is 0.273 e. The molecule has 0 spiro atoms. The summed E-state index contributed by atoms with van der Waals surface area (Å²) in [6.07, 6.45) is 2.96. The van der Waals surface area contributed by atoms with Gasteiger partial charge in [0, 0.05) is 6.07 Å². The van der Waals surface area contributed by atoms with Crippen LogP contribution in [0.15, 0.2) is 56.2 Å². The molecule has 3 rings (SSSR count). The number of amides is 1. The van der Waals surface area contributed by atoms with Crippen LogP contribution in [0.25, 0.3) is 11.5 Å². The van der Waals surface area contributed by atoms with Crippen LogP contribution < -0.4 is 5.32 Å². The van der Waals surface area contributed by atoms with Gasteiger partial charge in [-0.25, -0.2) is 0 Å². The molecular weight excluding hydrogens is 288 g/mol. The molecule has 7 heteroatoms. The van der Waals surface area contributed by atoms with Gasteiger partial charge in [-0.3, -0.25) is 4.79 Å². The second-order valence-electron chi connectivity index (χ2n) is 4.99. The molecule has 114 valence electrons. The van der Waals surface area contributed by atoms with Gasteiger partial charge in [0.15, 0.2) is 11.5 Å². The molecule has 0 fully saturated rings. The van der Waals surface area contributed by atoms with Crippen molar-refractivity contribution in [1.82, 2.24) is 10.5 Å². The van der Waals surface area contributed by atoms with Crippen molar-refractivity contribution in [3.8, 4) is 11.5 Å². The minimum absolute atomic E-state index is 0.0255. The second-order valence-corrected chi connectivity index (χ2v) is 4.99. The van der Waals surface area contributed by atoms with Gasteiger partial charge in [0.1, 0.15) is 11.4 Å². The van der Waals surface area contributed by atoms with E-state index in [0.717, 1.165) is 0 Å². The van der Waals surface area contributed by atoms with E-state index in [0.29, 0.717) is 17.3 Å². The molecule has 0 aromatic carbocycles. The first kappa shape index (κ1) is 14.2. The summed E-state index contributed by atoms with van der Waals surface area (Å²) in [5.41, 5.74) is -1.21. The van der Waals surface area contributed by atoms with Crippen molar-refractivity contribution in [2.45, 2.75) is 12.5 Å². The molecule has 0 saturated heterocycles. The van der Waals surface area contributed by atoms with Crippen molar-refractivity contribution in [3.63, 3.8) is 0 Å². The molecule has 22 heavy (non-hydrogen) atoms. The van der Waals surface area contributed by atoms with Gasteiger partial charge in [0.2, 0.25) is 5.76 Å². The van der Waals surface area contributed by atoms with Crippen LogP contribution in [0, 0.1) is 0 Å². The summed E-state index contributed by atoms with van der Waals surface area (Å²) in [7, 11) is 0. The first-order valence-corrected chi connectivity index (χ1v) is 6.61. The Kier molecular flexibility index (Phi) is 3.56. The highest BCUT2D eigenvalue weighted by atomic mass is 16.5. The van der Waals surface area contributed by atoms with E-state index < -0.39 is 11.5 Å². The predicted octanol–water partition coefficient (Wildman–Crippen LogP) is 2.17. The number of rotatable bonds is 5. The first-order chi connectivity index (χ1) is 10.6. The van der Waals surface area contributed by atoms with Crippen molar-refractivity contribution >= 4 is 5.91 Å². The zero-order valence-corrected chi connectivity index (χ0v) is 11.8. The van der Waals surface area contributed by atoms with Gasteiger partial charge < -0.3 is 23.8 Å². The van der Waals surface area contributed by atoms with Crippen molar-refractivity contribution in [2.24, 2.45) is 0 Å².